The Balaban J connectivity index is 2.57. The zero-order valence-corrected chi connectivity index (χ0v) is 11.4. The van der Waals surface area contributed by atoms with E-state index < -0.39 is 0 Å². The van der Waals surface area contributed by atoms with E-state index in [2.05, 4.69) is 35.8 Å². The third-order valence-electron chi connectivity index (χ3n) is 2.02. The molecule has 0 saturated carbocycles. The molecule has 0 radical (unpaired) electrons. The van der Waals surface area contributed by atoms with Crippen LogP contribution in [0.3, 0.4) is 0 Å². The van der Waals surface area contributed by atoms with E-state index in [1.807, 2.05) is 30.0 Å². The van der Waals surface area contributed by atoms with E-state index in [1.54, 1.807) is 0 Å². The zero-order valence-electron chi connectivity index (χ0n) is 8.96. The lowest BCUT2D eigenvalue weighted by atomic mass is 10.2. The third-order valence-corrected chi connectivity index (χ3v) is 3.71. The van der Waals surface area contributed by atoms with Gasteiger partial charge in [0.2, 0.25) is 0 Å². The summed E-state index contributed by atoms with van der Waals surface area (Å²) < 4.78 is 0.888. The standard InChI is InChI=1S/C12H14BrNS/c1-9(2)5-6-15-11-4-3-10(8-14)12(13)7-11/h3-4,7,9H,5-6H2,1-2H3. The number of nitriles is 1. The van der Waals surface area contributed by atoms with E-state index in [0.29, 0.717) is 5.56 Å². The number of rotatable bonds is 4. The van der Waals surface area contributed by atoms with E-state index in [1.165, 1.54) is 11.3 Å². The third kappa shape index (κ3) is 4.27. The quantitative estimate of drug-likeness (QED) is 0.762. The molecule has 0 unspecified atom stereocenters. The minimum Gasteiger partial charge on any atom is -0.192 e. The zero-order chi connectivity index (χ0) is 11.3. The molecule has 1 rings (SSSR count). The smallest absolute Gasteiger partial charge is 0.100 e. The second kappa shape index (κ2) is 6.19. The minimum atomic E-state index is 0.697. The monoisotopic (exact) mass is 283 g/mol. The number of halogens is 1. The number of hydrogen-bond donors (Lipinski definition) is 0. The maximum Gasteiger partial charge on any atom is 0.100 e. The number of benzene rings is 1. The molecule has 0 bridgehead atoms. The molecule has 80 valence electrons. The van der Waals surface area contributed by atoms with Gasteiger partial charge in [-0.3, -0.25) is 0 Å². The summed E-state index contributed by atoms with van der Waals surface area (Å²) in [5.41, 5.74) is 0.697. The molecule has 0 saturated heterocycles. The molecule has 0 spiro atoms. The summed E-state index contributed by atoms with van der Waals surface area (Å²) in [6.45, 7) is 4.46. The summed E-state index contributed by atoms with van der Waals surface area (Å²) in [4.78, 5) is 1.22. The van der Waals surface area contributed by atoms with Crippen molar-refractivity contribution in [1.82, 2.24) is 0 Å². The summed E-state index contributed by atoms with van der Waals surface area (Å²) in [5, 5.41) is 8.77. The van der Waals surface area contributed by atoms with E-state index in [4.69, 9.17) is 5.26 Å². The second-order valence-electron chi connectivity index (χ2n) is 3.78. The van der Waals surface area contributed by atoms with Crippen molar-refractivity contribution in [3.05, 3.63) is 28.2 Å². The highest BCUT2D eigenvalue weighted by molar-refractivity contribution is 9.10. The molecular formula is C12H14BrNS. The van der Waals surface area contributed by atoms with Crippen molar-refractivity contribution in [2.45, 2.75) is 25.2 Å². The van der Waals surface area contributed by atoms with Crippen molar-refractivity contribution in [1.29, 1.82) is 5.26 Å². The average Bonchev–Trinajstić information content (AvgIpc) is 2.17. The van der Waals surface area contributed by atoms with Crippen LogP contribution in [0.25, 0.3) is 0 Å². The van der Waals surface area contributed by atoms with E-state index >= 15 is 0 Å². The van der Waals surface area contributed by atoms with Gasteiger partial charge in [-0.2, -0.15) is 5.26 Å². The Morgan fingerprint density at radius 1 is 1.47 bits per heavy atom. The molecule has 15 heavy (non-hydrogen) atoms. The topological polar surface area (TPSA) is 23.8 Å². The maximum absolute atomic E-state index is 8.77. The van der Waals surface area contributed by atoms with Gasteiger partial charge in [-0.1, -0.05) is 13.8 Å². The fourth-order valence-corrected chi connectivity index (χ4v) is 2.90. The Labute approximate surface area is 104 Å². The lowest BCUT2D eigenvalue weighted by Crippen LogP contribution is -1.89. The van der Waals surface area contributed by atoms with Gasteiger partial charge in [0.05, 0.1) is 5.56 Å². The van der Waals surface area contributed by atoms with E-state index in [-0.39, 0.29) is 0 Å². The number of nitrogens with zero attached hydrogens (tertiary/aromatic N) is 1. The van der Waals surface area contributed by atoms with Gasteiger partial charge in [0, 0.05) is 9.37 Å². The molecule has 0 aliphatic carbocycles. The van der Waals surface area contributed by atoms with Gasteiger partial charge in [-0.15, -0.1) is 11.8 Å². The van der Waals surface area contributed by atoms with Gasteiger partial charge in [0.15, 0.2) is 0 Å². The highest BCUT2D eigenvalue weighted by Gasteiger charge is 2.01. The normalized spacial score (nSPS) is 10.3. The number of thioether (sulfide) groups is 1. The van der Waals surface area contributed by atoms with Gasteiger partial charge in [-0.25, -0.2) is 0 Å². The van der Waals surface area contributed by atoms with Crippen LogP contribution in [0.4, 0.5) is 0 Å². The molecule has 0 aliphatic rings. The van der Waals surface area contributed by atoms with Gasteiger partial charge < -0.3 is 0 Å². The largest absolute Gasteiger partial charge is 0.192 e. The molecule has 0 fully saturated rings. The van der Waals surface area contributed by atoms with Crippen molar-refractivity contribution in [3.63, 3.8) is 0 Å². The van der Waals surface area contributed by atoms with Crippen LogP contribution in [0.15, 0.2) is 27.6 Å². The lowest BCUT2D eigenvalue weighted by Gasteiger charge is -2.05. The fraction of sp³-hybridized carbons (Fsp3) is 0.417. The SMILES string of the molecule is CC(C)CCSc1ccc(C#N)c(Br)c1. The van der Waals surface area contributed by atoms with Crippen LogP contribution in [0, 0.1) is 17.2 Å². The van der Waals surface area contributed by atoms with Crippen molar-refractivity contribution in [2.24, 2.45) is 5.92 Å². The van der Waals surface area contributed by atoms with E-state index in [0.717, 1.165) is 16.1 Å². The molecule has 0 aliphatic heterocycles. The maximum atomic E-state index is 8.77. The first-order valence-corrected chi connectivity index (χ1v) is 6.73. The average molecular weight is 284 g/mol. The van der Waals surface area contributed by atoms with E-state index in [9.17, 15) is 0 Å². The summed E-state index contributed by atoms with van der Waals surface area (Å²) in [6.07, 6.45) is 1.22. The first-order valence-electron chi connectivity index (χ1n) is 4.96. The van der Waals surface area contributed by atoms with Crippen LogP contribution in [0.2, 0.25) is 0 Å². The van der Waals surface area contributed by atoms with Gasteiger partial charge >= 0.3 is 0 Å². The molecule has 0 N–H and O–H groups in total. The van der Waals surface area contributed by atoms with Crippen LogP contribution in [0.1, 0.15) is 25.8 Å². The van der Waals surface area contributed by atoms with Crippen molar-refractivity contribution in [3.8, 4) is 6.07 Å². The Hall–Kier alpha value is -0.460. The molecule has 1 aromatic rings. The van der Waals surface area contributed by atoms with Crippen molar-refractivity contribution < 1.29 is 0 Å². The predicted molar refractivity (Wildman–Crippen MR) is 69.0 cm³/mol. The first kappa shape index (κ1) is 12.6. The predicted octanol–water partition coefficient (Wildman–Crippen LogP) is 4.46. The first-order chi connectivity index (χ1) is 7.13. The Morgan fingerprint density at radius 2 is 2.20 bits per heavy atom. The van der Waals surface area contributed by atoms with Crippen LogP contribution in [0.5, 0.6) is 0 Å². The summed E-state index contributed by atoms with van der Waals surface area (Å²) in [5.74, 6) is 1.88. The molecule has 0 aromatic heterocycles. The summed E-state index contributed by atoms with van der Waals surface area (Å²) >= 11 is 5.23. The highest BCUT2D eigenvalue weighted by Crippen LogP contribution is 2.26. The molecule has 0 amide bonds. The Kier molecular flexibility index (Phi) is 5.21. The fourth-order valence-electron chi connectivity index (χ4n) is 1.09. The Bertz CT molecular complexity index is 368. The number of hydrogen-bond acceptors (Lipinski definition) is 2. The Morgan fingerprint density at radius 3 is 2.73 bits per heavy atom. The van der Waals surface area contributed by atoms with Crippen LogP contribution >= 0.6 is 27.7 Å². The van der Waals surface area contributed by atoms with Crippen molar-refractivity contribution >= 4 is 27.7 Å². The molecule has 0 heterocycles. The van der Waals surface area contributed by atoms with Crippen LogP contribution in [-0.2, 0) is 0 Å². The van der Waals surface area contributed by atoms with Gasteiger partial charge in [-0.05, 0) is 52.2 Å². The van der Waals surface area contributed by atoms with Gasteiger partial charge in [0.25, 0.3) is 0 Å². The summed E-state index contributed by atoms with van der Waals surface area (Å²) in [6, 6.07) is 8.03. The molecule has 1 aromatic carbocycles. The lowest BCUT2D eigenvalue weighted by molar-refractivity contribution is 0.632. The molecule has 1 nitrogen and oxygen atoms in total. The van der Waals surface area contributed by atoms with Crippen LogP contribution in [-0.4, -0.2) is 5.75 Å². The van der Waals surface area contributed by atoms with Crippen molar-refractivity contribution in [2.75, 3.05) is 5.75 Å². The highest BCUT2D eigenvalue weighted by atomic mass is 79.9. The minimum absolute atomic E-state index is 0.697. The van der Waals surface area contributed by atoms with Gasteiger partial charge in [0.1, 0.15) is 6.07 Å². The summed E-state index contributed by atoms with van der Waals surface area (Å²) in [7, 11) is 0. The van der Waals surface area contributed by atoms with Crippen LogP contribution < -0.4 is 0 Å². The second-order valence-corrected chi connectivity index (χ2v) is 5.81. The molecular weight excluding hydrogens is 270 g/mol. The molecule has 3 heteroatoms. The molecule has 0 atom stereocenters.